The molecule has 0 atom stereocenters. The average Bonchev–Trinajstić information content (AvgIpc) is 2.25. The molecule has 0 aromatic heterocycles. The first-order valence-corrected chi connectivity index (χ1v) is 5.19. The van der Waals surface area contributed by atoms with Gasteiger partial charge >= 0.3 is 6.36 Å². The zero-order valence-corrected chi connectivity index (χ0v) is 9.38. The van der Waals surface area contributed by atoms with E-state index in [2.05, 4.69) is 10.1 Å². The Morgan fingerprint density at radius 3 is 2.59 bits per heavy atom. The largest absolute Gasteiger partial charge is 0.522 e. The molecule has 96 valence electrons. The van der Waals surface area contributed by atoms with E-state index < -0.39 is 13.0 Å². The maximum Gasteiger partial charge on any atom is 0.522 e. The van der Waals surface area contributed by atoms with E-state index in [0.29, 0.717) is 18.0 Å². The van der Waals surface area contributed by atoms with Gasteiger partial charge in [0.1, 0.15) is 5.75 Å². The molecule has 1 aromatic carbocycles. The third kappa shape index (κ3) is 5.44. The molecule has 17 heavy (non-hydrogen) atoms. The molecular weight excluding hydrogens is 235 g/mol. The Kier molecular flexibility index (Phi) is 5.09. The summed E-state index contributed by atoms with van der Waals surface area (Å²) >= 11 is 0. The Hall–Kier alpha value is -1.43. The molecule has 0 heterocycles. The molecular formula is C11H14F3NO2. The van der Waals surface area contributed by atoms with Gasteiger partial charge in [0, 0.05) is 6.54 Å². The first-order valence-electron chi connectivity index (χ1n) is 5.19. The van der Waals surface area contributed by atoms with Gasteiger partial charge in [0.2, 0.25) is 0 Å². The van der Waals surface area contributed by atoms with Crippen molar-refractivity contribution in [2.24, 2.45) is 0 Å². The normalized spacial score (nSPS) is 11.3. The molecule has 0 aliphatic rings. The van der Waals surface area contributed by atoms with E-state index >= 15 is 0 Å². The summed E-state index contributed by atoms with van der Waals surface area (Å²) in [7, 11) is 0. The van der Waals surface area contributed by atoms with Gasteiger partial charge in [0.25, 0.3) is 0 Å². The van der Waals surface area contributed by atoms with Crippen molar-refractivity contribution in [3.05, 3.63) is 24.3 Å². The number of anilines is 1. The predicted octanol–water partition coefficient (Wildman–Crippen LogP) is 3.03. The molecule has 0 fully saturated rings. The fourth-order valence-electron chi connectivity index (χ4n) is 1.25. The number of hydrogen-bond donors (Lipinski definition) is 1. The van der Waals surface area contributed by atoms with Gasteiger partial charge in [-0.2, -0.15) is 0 Å². The van der Waals surface area contributed by atoms with Crippen molar-refractivity contribution in [3.63, 3.8) is 0 Å². The molecule has 0 bridgehead atoms. The summed E-state index contributed by atoms with van der Waals surface area (Å²) in [5.74, 6) is 0.613. The Morgan fingerprint density at radius 2 is 1.94 bits per heavy atom. The van der Waals surface area contributed by atoms with Crippen molar-refractivity contribution >= 4 is 5.69 Å². The molecule has 0 aliphatic heterocycles. The van der Waals surface area contributed by atoms with E-state index in [4.69, 9.17) is 4.74 Å². The summed E-state index contributed by atoms with van der Waals surface area (Å²) in [6, 6.07) is 7.05. The van der Waals surface area contributed by atoms with Crippen molar-refractivity contribution in [3.8, 4) is 5.75 Å². The van der Waals surface area contributed by atoms with E-state index in [9.17, 15) is 13.2 Å². The number of ether oxygens (including phenoxy) is 2. The Morgan fingerprint density at radius 1 is 1.24 bits per heavy atom. The Labute approximate surface area is 97.5 Å². The molecule has 0 unspecified atom stereocenters. The van der Waals surface area contributed by atoms with Crippen LogP contribution in [0.1, 0.15) is 6.92 Å². The summed E-state index contributed by atoms with van der Waals surface area (Å²) in [6.45, 7) is 1.95. The van der Waals surface area contributed by atoms with Gasteiger partial charge in [-0.1, -0.05) is 12.1 Å². The standard InChI is InChI=1S/C11H14F3NO2/c1-2-16-10-6-4-3-5-9(10)15-7-8-17-11(12,13)14/h3-6,15H,2,7-8H2,1H3. The second-order valence-electron chi connectivity index (χ2n) is 3.15. The highest BCUT2D eigenvalue weighted by Gasteiger charge is 2.28. The van der Waals surface area contributed by atoms with E-state index in [1.165, 1.54) is 0 Å². The third-order valence-corrected chi connectivity index (χ3v) is 1.87. The topological polar surface area (TPSA) is 30.5 Å². The van der Waals surface area contributed by atoms with Crippen LogP contribution in [0.15, 0.2) is 24.3 Å². The molecule has 0 amide bonds. The Balaban J connectivity index is 2.41. The van der Waals surface area contributed by atoms with Crippen molar-refractivity contribution in [2.45, 2.75) is 13.3 Å². The number of para-hydroxylation sites is 2. The molecule has 3 nitrogen and oxygen atoms in total. The second kappa shape index (κ2) is 6.34. The van der Waals surface area contributed by atoms with E-state index in [0.717, 1.165) is 0 Å². The minimum atomic E-state index is -4.58. The minimum Gasteiger partial charge on any atom is -0.492 e. The Bertz CT molecular complexity index is 342. The van der Waals surface area contributed by atoms with Crippen LogP contribution in [0.2, 0.25) is 0 Å². The van der Waals surface area contributed by atoms with Crippen LogP contribution >= 0.6 is 0 Å². The van der Waals surface area contributed by atoms with Gasteiger partial charge in [-0.25, -0.2) is 0 Å². The summed E-state index contributed by atoms with van der Waals surface area (Å²) in [5, 5.41) is 2.82. The van der Waals surface area contributed by atoms with Gasteiger partial charge in [-0.15, -0.1) is 13.2 Å². The van der Waals surface area contributed by atoms with Crippen molar-refractivity contribution in [1.29, 1.82) is 0 Å². The molecule has 1 rings (SSSR count). The maximum atomic E-state index is 11.7. The highest BCUT2D eigenvalue weighted by molar-refractivity contribution is 5.56. The van der Waals surface area contributed by atoms with Crippen LogP contribution in [0, 0.1) is 0 Å². The van der Waals surface area contributed by atoms with E-state index in [-0.39, 0.29) is 6.54 Å². The average molecular weight is 249 g/mol. The van der Waals surface area contributed by atoms with Gasteiger partial charge < -0.3 is 10.1 Å². The maximum absolute atomic E-state index is 11.7. The summed E-state index contributed by atoms with van der Waals surface area (Å²) in [5.41, 5.74) is 0.653. The quantitative estimate of drug-likeness (QED) is 0.786. The lowest BCUT2D eigenvalue weighted by atomic mass is 10.3. The lowest BCUT2D eigenvalue weighted by molar-refractivity contribution is -0.322. The monoisotopic (exact) mass is 249 g/mol. The molecule has 0 saturated carbocycles. The lowest BCUT2D eigenvalue weighted by Crippen LogP contribution is -2.19. The van der Waals surface area contributed by atoms with Crippen molar-refractivity contribution < 1.29 is 22.6 Å². The van der Waals surface area contributed by atoms with Crippen LogP contribution in [0.4, 0.5) is 18.9 Å². The molecule has 0 radical (unpaired) electrons. The molecule has 1 N–H and O–H groups in total. The summed E-state index contributed by atoms with van der Waals surface area (Å²) in [4.78, 5) is 0. The number of nitrogens with one attached hydrogen (secondary N) is 1. The minimum absolute atomic E-state index is 0.0591. The molecule has 0 spiro atoms. The van der Waals surface area contributed by atoms with Crippen LogP contribution in [0.3, 0.4) is 0 Å². The van der Waals surface area contributed by atoms with Crippen molar-refractivity contribution in [2.75, 3.05) is 25.1 Å². The fraction of sp³-hybridized carbons (Fsp3) is 0.455. The second-order valence-corrected chi connectivity index (χ2v) is 3.15. The zero-order valence-electron chi connectivity index (χ0n) is 9.38. The van der Waals surface area contributed by atoms with E-state index in [1.807, 2.05) is 6.92 Å². The first kappa shape index (κ1) is 13.6. The van der Waals surface area contributed by atoms with Gasteiger partial charge in [0.05, 0.1) is 18.9 Å². The zero-order chi connectivity index (χ0) is 12.7. The number of alkyl halides is 3. The third-order valence-electron chi connectivity index (χ3n) is 1.87. The highest BCUT2D eigenvalue weighted by Crippen LogP contribution is 2.23. The molecule has 1 aromatic rings. The smallest absolute Gasteiger partial charge is 0.492 e. The van der Waals surface area contributed by atoms with Crippen LogP contribution in [-0.4, -0.2) is 26.1 Å². The SMILES string of the molecule is CCOc1ccccc1NCCOC(F)(F)F. The fourth-order valence-corrected chi connectivity index (χ4v) is 1.25. The van der Waals surface area contributed by atoms with Crippen LogP contribution in [-0.2, 0) is 4.74 Å². The summed E-state index contributed by atoms with van der Waals surface area (Å²) < 4.78 is 44.1. The molecule has 0 saturated heterocycles. The summed E-state index contributed by atoms with van der Waals surface area (Å²) in [6.07, 6.45) is -4.58. The molecule has 6 heteroatoms. The van der Waals surface area contributed by atoms with Crippen LogP contribution in [0.25, 0.3) is 0 Å². The van der Waals surface area contributed by atoms with Gasteiger partial charge in [0.15, 0.2) is 0 Å². The lowest BCUT2D eigenvalue weighted by Gasteiger charge is -2.12. The first-order chi connectivity index (χ1) is 8.03. The number of rotatable bonds is 6. The number of hydrogen-bond acceptors (Lipinski definition) is 3. The number of halogens is 3. The van der Waals surface area contributed by atoms with Crippen LogP contribution in [0.5, 0.6) is 5.75 Å². The number of benzene rings is 1. The predicted molar refractivity (Wildman–Crippen MR) is 58.1 cm³/mol. The van der Waals surface area contributed by atoms with E-state index in [1.54, 1.807) is 24.3 Å². The van der Waals surface area contributed by atoms with Crippen LogP contribution < -0.4 is 10.1 Å². The van der Waals surface area contributed by atoms with Crippen molar-refractivity contribution in [1.82, 2.24) is 0 Å². The van der Waals surface area contributed by atoms with Gasteiger partial charge in [-0.3, -0.25) is 4.74 Å². The highest BCUT2D eigenvalue weighted by atomic mass is 19.4. The van der Waals surface area contributed by atoms with Gasteiger partial charge in [-0.05, 0) is 19.1 Å². The molecule has 0 aliphatic carbocycles.